The zero-order valence-electron chi connectivity index (χ0n) is 10.9. The van der Waals surface area contributed by atoms with Crippen LogP contribution in [0.5, 0.6) is 11.5 Å². The summed E-state index contributed by atoms with van der Waals surface area (Å²) in [6, 6.07) is 5.67. The van der Waals surface area contributed by atoms with Crippen molar-refractivity contribution in [1.82, 2.24) is 0 Å². The number of hydrogen-bond donors (Lipinski definition) is 0. The third-order valence-corrected chi connectivity index (χ3v) is 4.09. The monoisotopic (exact) mass is 279 g/mol. The Morgan fingerprint density at radius 1 is 1.42 bits per heavy atom. The minimum absolute atomic E-state index is 0.250. The number of thioether (sulfide) groups is 1. The molecule has 0 aromatic heterocycles. The summed E-state index contributed by atoms with van der Waals surface area (Å²) in [6.45, 7) is 0.268. The molecule has 1 aromatic rings. The molecule has 0 N–H and O–H groups in total. The standard InChI is InChI=1S/C14H17NO3S/c1-17-14-11(9-15-10-16)3-2-4-13(14)18-12-5-7-19-8-6-12/h2-4,12H,5-9H2,1H3. The molecule has 1 fully saturated rings. The van der Waals surface area contributed by atoms with E-state index < -0.39 is 0 Å². The van der Waals surface area contributed by atoms with Gasteiger partial charge in [0.2, 0.25) is 6.08 Å². The number of nitrogens with zero attached hydrogens (tertiary/aromatic N) is 1. The SMILES string of the molecule is COc1c(CN=C=O)cccc1OC1CCSCC1. The van der Waals surface area contributed by atoms with Crippen molar-refractivity contribution < 1.29 is 14.3 Å². The van der Waals surface area contributed by atoms with Crippen LogP contribution < -0.4 is 9.47 Å². The van der Waals surface area contributed by atoms with Gasteiger partial charge >= 0.3 is 0 Å². The number of para-hydroxylation sites is 1. The molecule has 5 heteroatoms. The number of carbonyl (C=O) groups excluding carboxylic acids is 1. The van der Waals surface area contributed by atoms with E-state index in [4.69, 9.17) is 9.47 Å². The first-order valence-electron chi connectivity index (χ1n) is 6.29. The molecule has 0 saturated carbocycles. The Balaban J connectivity index is 2.16. The van der Waals surface area contributed by atoms with Crippen molar-refractivity contribution in [2.45, 2.75) is 25.5 Å². The minimum Gasteiger partial charge on any atom is -0.493 e. The van der Waals surface area contributed by atoms with Gasteiger partial charge in [0.1, 0.15) is 6.10 Å². The quantitative estimate of drug-likeness (QED) is 0.614. The fraction of sp³-hybridized carbons (Fsp3) is 0.500. The fourth-order valence-corrected chi connectivity index (χ4v) is 3.16. The lowest BCUT2D eigenvalue weighted by Gasteiger charge is -2.24. The molecule has 0 spiro atoms. The predicted molar refractivity (Wildman–Crippen MR) is 75.8 cm³/mol. The number of aliphatic imine (C=N–C) groups is 1. The van der Waals surface area contributed by atoms with Crippen LogP contribution in [0.2, 0.25) is 0 Å². The van der Waals surface area contributed by atoms with Gasteiger partial charge in [0.25, 0.3) is 0 Å². The highest BCUT2D eigenvalue weighted by molar-refractivity contribution is 7.99. The lowest BCUT2D eigenvalue weighted by Crippen LogP contribution is -2.22. The molecule has 4 nitrogen and oxygen atoms in total. The van der Waals surface area contributed by atoms with Crippen molar-refractivity contribution in [2.75, 3.05) is 18.6 Å². The van der Waals surface area contributed by atoms with Gasteiger partial charge in [-0.3, -0.25) is 0 Å². The molecular formula is C14H17NO3S. The molecule has 19 heavy (non-hydrogen) atoms. The second-order valence-electron chi connectivity index (χ2n) is 4.29. The van der Waals surface area contributed by atoms with Gasteiger partial charge in [0.15, 0.2) is 11.5 Å². The van der Waals surface area contributed by atoms with Gasteiger partial charge in [0.05, 0.1) is 13.7 Å². The average molecular weight is 279 g/mol. The Labute approximate surface area is 117 Å². The van der Waals surface area contributed by atoms with Gasteiger partial charge in [-0.15, -0.1) is 0 Å². The van der Waals surface area contributed by atoms with E-state index in [2.05, 4.69) is 4.99 Å². The fourth-order valence-electron chi connectivity index (χ4n) is 2.10. The van der Waals surface area contributed by atoms with Crippen LogP contribution in [0, 0.1) is 0 Å². The van der Waals surface area contributed by atoms with E-state index in [-0.39, 0.29) is 12.6 Å². The normalized spacial score (nSPS) is 15.6. The summed E-state index contributed by atoms with van der Waals surface area (Å²) in [4.78, 5) is 13.8. The second kappa shape index (κ2) is 7.22. The maximum atomic E-state index is 10.2. The topological polar surface area (TPSA) is 47.9 Å². The van der Waals surface area contributed by atoms with Crippen LogP contribution in [0.4, 0.5) is 0 Å². The molecular weight excluding hydrogens is 262 g/mol. The Hall–Kier alpha value is -1.45. The van der Waals surface area contributed by atoms with Crippen LogP contribution >= 0.6 is 11.8 Å². The molecule has 0 amide bonds. The lowest BCUT2D eigenvalue weighted by molar-refractivity contribution is 0.184. The number of ether oxygens (including phenoxy) is 2. The van der Waals surface area contributed by atoms with E-state index in [1.165, 1.54) is 0 Å². The van der Waals surface area contributed by atoms with Crippen LogP contribution in [-0.2, 0) is 11.3 Å². The van der Waals surface area contributed by atoms with Crippen LogP contribution in [0.15, 0.2) is 23.2 Å². The molecule has 1 aliphatic rings. The van der Waals surface area contributed by atoms with Crippen LogP contribution in [0.1, 0.15) is 18.4 Å². The molecule has 0 unspecified atom stereocenters. The van der Waals surface area contributed by atoms with Gasteiger partial charge < -0.3 is 9.47 Å². The van der Waals surface area contributed by atoms with Gasteiger partial charge in [-0.1, -0.05) is 12.1 Å². The molecule has 0 aliphatic carbocycles. The highest BCUT2D eigenvalue weighted by Crippen LogP contribution is 2.34. The molecule has 1 aromatic carbocycles. The van der Waals surface area contributed by atoms with E-state index in [1.54, 1.807) is 13.2 Å². The number of methoxy groups -OCH3 is 1. The smallest absolute Gasteiger partial charge is 0.235 e. The van der Waals surface area contributed by atoms with Gasteiger partial charge in [0, 0.05) is 5.56 Å². The Morgan fingerprint density at radius 3 is 2.89 bits per heavy atom. The summed E-state index contributed by atoms with van der Waals surface area (Å²) in [7, 11) is 1.60. The third-order valence-electron chi connectivity index (χ3n) is 3.04. The third kappa shape index (κ3) is 3.75. The number of benzene rings is 1. The van der Waals surface area contributed by atoms with Crippen LogP contribution in [0.3, 0.4) is 0 Å². The molecule has 1 heterocycles. The number of rotatable bonds is 5. The average Bonchev–Trinajstić information content (AvgIpc) is 2.46. The van der Waals surface area contributed by atoms with Crippen molar-refractivity contribution in [1.29, 1.82) is 0 Å². The van der Waals surface area contributed by atoms with Crippen LogP contribution in [-0.4, -0.2) is 30.8 Å². The maximum Gasteiger partial charge on any atom is 0.235 e. The van der Waals surface area contributed by atoms with E-state index in [1.807, 2.05) is 30.0 Å². The summed E-state index contributed by atoms with van der Waals surface area (Å²) in [6.07, 6.45) is 3.91. The summed E-state index contributed by atoms with van der Waals surface area (Å²) in [5.41, 5.74) is 0.841. The molecule has 0 atom stereocenters. The highest BCUT2D eigenvalue weighted by atomic mass is 32.2. The van der Waals surface area contributed by atoms with E-state index in [0.717, 1.165) is 35.7 Å². The minimum atomic E-state index is 0.250. The second-order valence-corrected chi connectivity index (χ2v) is 5.51. The summed E-state index contributed by atoms with van der Waals surface area (Å²) < 4.78 is 11.4. The Bertz CT molecular complexity index is 466. The van der Waals surface area contributed by atoms with Crippen molar-refractivity contribution >= 4 is 17.8 Å². The van der Waals surface area contributed by atoms with Crippen molar-refractivity contribution in [3.8, 4) is 11.5 Å². The summed E-state index contributed by atoms with van der Waals surface area (Å²) >= 11 is 1.96. The first-order chi connectivity index (χ1) is 9.35. The van der Waals surface area contributed by atoms with Gasteiger partial charge in [-0.25, -0.2) is 9.79 Å². The van der Waals surface area contributed by atoms with Gasteiger partial charge in [-0.05, 0) is 30.4 Å². The zero-order valence-corrected chi connectivity index (χ0v) is 11.7. The van der Waals surface area contributed by atoms with Crippen molar-refractivity contribution in [2.24, 2.45) is 4.99 Å². The van der Waals surface area contributed by atoms with Crippen molar-refractivity contribution in [3.05, 3.63) is 23.8 Å². The van der Waals surface area contributed by atoms with Gasteiger partial charge in [-0.2, -0.15) is 11.8 Å². The Kier molecular flexibility index (Phi) is 5.31. The summed E-state index contributed by atoms with van der Waals surface area (Å²) in [5.74, 6) is 3.68. The molecule has 102 valence electrons. The molecule has 0 radical (unpaired) electrons. The first kappa shape index (κ1) is 14.0. The molecule has 2 rings (SSSR count). The first-order valence-corrected chi connectivity index (χ1v) is 7.44. The van der Waals surface area contributed by atoms with E-state index in [0.29, 0.717) is 5.75 Å². The Morgan fingerprint density at radius 2 is 2.21 bits per heavy atom. The number of isocyanates is 1. The zero-order chi connectivity index (χ0) is 13.5. The maximum absolute atomic E-state index is 10.2. The predicted octanol–water partition coefficient (Wildman–Crippen LogP) is 2.81. The lowest BCUT2D eigenvalue weighted by atomic mass is 10.1. The molecule has 1 aliphatic heterocycles. The van der Waals surface area contributed by atoms with E-state index in [9.17, 15) is 4.79 Å². The van der Waals surface area contributed by atoms with Crippen molar-refractivity contribution in [3.63, 3.8) is 0 Å². The summed E-state index contributed by atoms with van der Waals surface area (Å²) in [5, 5.41) is 0. The number of hydrogen-bond acceptors (Lipinski definition) is 5. The largest absolute Gasteiger partial charge is 0.493 e. The van der Waals surface area contributed by atoms with Crippen LogP contribution in [0.25, 0.3) is 0 Å². The molecule has 0 bridgehead atoms. The molecule has 1 saturated heterocycles. The van der Waals surface area contributed by atoms with E-state index >= 15 is 0 Å². The highest BCUT2D eigenvalue weighted by Gasteiger charge is 2.18.